The average Bonchev–Trinajstić information content (AvgIpc) is 2.66. The normalized spacial score (nSPS) is 10.0. The Labute approximate surface area is 139 Å². The van der Waals surface area contributed by atoms with Crippen molar-refractivity contribution in [3.05, 3.63) is 27.5 Å². The molecule has 0 fully saturated rings. The molecule has 1 aromatic carbocycles. The van der Waals surface area contributed by atoms with Crippen LogP contribution in [0.4, 0.5) is 0 Å². The van der Waals surface area contributed by atoms with E-state index in [9.17, 15) is 8.42 Å². The molecule has 2 amide bonds. The predicted molar refractivity (Wildman–Crippen MR) is 82.2 cm³/mol. The minimum Gasteiger partial charge on any atom is -0.372 e. The molecule has 0 aliphatic carbocycles. The topological polar surface area (TPSA) is 158 Å². The third-order valence-electron chi connectivity index (χ3n) is 1.85. The first kappa shape index (κ1) is 20.4. The van der Waals surface area contributed by atoms with E-state index in [0.717, 1.165) is 0 Å². The highest BCUT2D eigenvalue weighted by atomic mass is 35.5. The molecular formula is C9H9Cl3N4O5S. The van der Waals surface area contributed by atoms with Gasteiger partial charge in [0.05, 0.1) is 21.1 Å². The van der Waals surface area contributed by atoms with Crippen molar-refractivity contribution >= 4 is 69.0 Å². The molecule has 0 aliphatic heterocycles. The van der Waals surface area contributed by atoms with Crippen LogP contribution in [-0.4, -0.2) is 34.7 Å². The van der Waals surface area contributed by atoms with Gasteiger partial charge in [-0.05, 0) is 23.7 Å². The summed E-state index contributed by atoms with van der Waals surface area (Å²) in [5.74, 6) is 0. The van der Waals surface area contributed by atoms with Gasteiger partial charge in [-0.3, -0.25) is 14.1 Å². The summed E-state index contributed by atoms with van der Waals surface area (Å²) in [4.78, 5) is 20.9. The maximum Gasteiger partial charge on any atom is 0.366 e. The Morgan fingerprint density at radius 2 is 1.50 bits per heavy atom. The highest BCUT2D eigenvalue weighted by molar-refractivity contribution is 7.84. The van der Waals surface area contributed by atoms with Crippen LogP contribution < -0.4 is 11.5 Å². The number of nitrogens with two attached hydrogens (primary N) is 2. The van der Waals surface area contributed by atoms with Crippen LogP contribution in [0.1, 0.15) is 0 Å². The fourth-order valence-electron chi connectivity index (χ4n) is 1.24. The minimum absolute atomic E-state index is 0.0573. The second kappa shape index (κ2) is 8.76. The van der Waals surface area contributed by atoms with Gasteiger partial charge < -0.3 is 11.5 Å². The van der Waals surface area contributed by atoms with E-state index in [-0.39, 0.29) is 33.9 Å². The number of carbonyl (C=O) groups is 2. The number of imidazole rings is 1. The molecule has 0 radical (unpaired) electrons. The lowest BCUT2D eigenvalue weighted by molar-refractivity contribution is -0.107. The van der Waals surface area contributed by atoms with Crippen LogP contribution in [0, 0.1) is 0 Å². The number of primary amides is 2. The van der Waals surface area contributed by atoms with Gasteiger partial charge in [0.25, 0.3) is 0 Å². The van der Waals surface area contributed by atoms with Crippen molar-refractivity contribution in [1.29, 1.82) is 0 Å². The first-order valence-corrected chi connectivity index (χ1v) is 7.48. The van der Waals surface area contributed by atoms with Crippen molar-refractivity contribution in [2.45, 2.75) is 0 Å². The molecule has 2 rings (SSSR count). The van der Waals surface area contributed by atoms with E-state index in [1.165, 1.54) is 12.1 Å². The SMILES string of the molecule is NC=O.NC=O.O=S(=O)(O)n1c(Cl)nc2cc(Cl)c(Cl)cc21. The van der Waals surface area contributed by atoms with E-state index in [2.05, 4.69) is 16.5 Å². The average molecular weight is 392 g/mol. The smallest absolute Gasteiger partial charge is 0.366 e. The minimum atomic E-state index is -4.53. The first-order valence-electron chi connectivity index (χ1n) is 4.95. The van der Waals surface area contributed by atoms with Crippen LogP contribution in [0.25, 0.3) is 11.0 Å². The molecule has 0 saturated heterocycles. The number of nitrogens with zero attached hydrogens (tertiary/aromatic N) is 2. The molecule has 0 saturated carbocycles. The molecule has 0 unspecified atom stereocenters. The van der Waals surface area contributed by atoms with Crippen LogP contribution >= 0.6 is 34.8 Å². The Morgan fingerprint density at radius 3 is 1.91 bits per heavy atom. The molecule has 2 aromatic rings. The first-order chi connectivity index (χ1) is 10.1. The highest BCUT2D eigenvalue weighted by Gasteiger charge is 2.19. The lowest BCUT2D eigenvalue weighted by Crippen LogP contribution is -2.10. The number of hydrogen-bond acceptors (Lipinski definition) is 5. The van der Waals surface area contributed by atoms with Gasteiger partial charge in [-0.25, -0.2) is 4.98 Å². The zero-order valence-corrected chi connectivity index (χ0v) is 13.6. The molecule has 1 aromatic heterocycles. The van der Waals surface area contributed by atoms with Crippen molar-refractivity contribution in [1.82, 2.24) is 8.96 Å². The van der Waals surface area contributed by atoms with Crippen LogP contribution in [0.2, 0.25) is 15.3 Å². The third kappa shape index (κ3) is 5.31. The fourth-order valence-corrected chi connectivity index (χ4v) is 2.63. The number of fused-ring (bicyclic) bond motifs is 1. The fraction of sp³-hybridized carbons (Fsp3) is 0. The summed E-state index contributed by atoms with van der Waals surface area (Å²) in [6.07, 6.45) is 0.500. The molecule has 9 nitrogen and oxygen atoms in total. The van der Waals surface area contributed by atoms with Crippen molar-refractivity contribution in [3.8, 4) is 0 Å². The lowest BCUT2D eigenvalue weighted by Gasteiger charge is -2.01. The molecule has 1 heterocycles. The van der Waals surface area contributed by atoms with Gasteiger partial charge in [-0.2, -0.15) is 12.4 Å². The summed E-state index contributed by atoms with van der Waals surface area (Å²) in [6.45, 7) is 0. The molecule has 0 atom stereocenters. The third-order valence-corrected chi connectivity index (χ3v) is 3.75. The summed E-state index contributed by atoms with van der Waals surface area (Å²) in [7, 11) is -4.53. The van der Waals surface area contributed by atoms with Crippen molar-refractivity contribution in [2.24, 2.45) is 11.5 Å². The largest absolute Gasteiger partial charge is 0.372 e. The summed E-state index contributed by atoms with van der Waals surface area (Å²) in [5, 5.41) is -0.0442. The van der Waals surface area contributed by atoms with Gasteiger partial charge in [0, 0.05) is 0 Å². The van der Waals surface area contributed by atoms with Crippen LogP contribution in [0.5, 0.6) is 0 Å². The van der Waals surface area contributed by atoms with Crippen LogP contribution in [0.15, 0.2) is 12.1 Å². The number of hydrogen-bond donors (Lipinski definition) is 3. The lowest BCUT2D eigenvalue weighted by atomic mass is 10.3. The van der Waals surface area contributed by atoms with E-state index in [1.807, 2.05) is 0 Å². The summed E-state index contributed by atoms with van der Waals surface area (Å²) in [5.41, 5.74) is 8.61. The standard InChI is InChI=1S/C7H3Cl3N2O3S.2CH3NO/c8-3-1-5-6(2-4(3)9)12(7(10)11-5)16(13,14)15;2*2-1-3/h1-2H,(H,13,14,15);2*1H,(H2,2,3). The van der Waals surface area contributed by atoms with Crippen molar-refractivity contribution in [3.63, 3.8) is 0 Å². The monoisotopic (exact) mass is 390 g/mol. The number of amides is 2. The zero-order chi connectivity index (χ0) is 17.5. The summed E-state index contributed by atoms with van der Waals surface area (Å²) >= 11 is 17.0. The van der Waals surface area contributed by atoms with Crippen molar-refractivity contribution in [2.75, 3.05) is 0 Å². The van der Waals surface area contributed by atoms with Gasteiger partial charge in [0.1, 0.15) is 0 Å². The van der Waals surface area contributed by atoms with Gasteiger partial charge >= 0.3 is 10.3 Å². The maximum atomic E-state index is 11.0. The Kier molecular flexibility index (Phi) is 8.12. The number of aromatic nitrogens is 2. The van der Waals surface area contributed by atoms with E-state index >= 15 is 0 Å². The number of halogens is 3. The van der Waals surface area contributed by atoms with Crippen LogP contribution in [0.3, 0.4) is 0 Å². The van der Waals surface area contributed by atoms with Gasteiger partial charge in [-0.1, -0.05) is 23.2 Å². The van der Waals surface area contributed by atoms with E-state index in [1.54, 1.807) is 0 Å². The zero-order valence-electron chi connectivity index (χ0n) is 10.5. The van der Waals surface area contributed by atoms with Crippen molar-refractivity contribution < 1.29 is 22.6 Å². The number of rotatable bonds is 1. The molecule has 122 valence electrons. The van der Waals surface area contributed by atoms with Gasteiger partial charge in [0.2, 0.25) is 18.1 Å². The Bertz CT molecular complexity index is 771. The predicted octanol–water partition coefficient (Wildman–Crippen LogP) is 0.850. The molecule has 22 heavy (non-hydrogen) atoms. The Balaban J connectivity index is 0.000000639. The maximum absolute atomic E-state index is 11.0. The van der Waals surface area contributed by atoms with E-state index in [0.29, 0.717) is 3.97 Å². The quantitative estimate of drug-likeness (QED) is 0.483. The second-order valence-corrected chi connectivity index (χ2v) is 5.56. The number of benzene rings is 1. The number of carbonyl (C=O) groups excluding carboxylic acids is 2. The molecule has 13 heteroatoms. The molecule has 0 bridgehead atoms. The Morgan fingerprint density at radius 1 is 1.09 bits per heavy atom. The summed E-state index contributed by atoms with van der Waals surface area (Å²) in [6, 6.07) is 2.61. The highest BCUT2D eigenvalue weighted by Crippen LogP contribution is 2.30. The second-order valence-electron chi connectivity index (χ2n) is 3.15. The molecule has 0 spiro atoms. The van der Waals surface area contributed by atoms with E-state index in [4.69, 9.17) is 48.9 Å². The van der Waals surface area contributed by atoms with Gasteiger partial charge in [-0.15, -0.1) is 0 Å². The van der Waals surface area contributed by atoms with Gasteiger partial charge in [0.15, 0.2) is 0 Å². The summed E-state index contributed by atoms with van der Waals surface area (Å²) < 4.78 is 31.5. The molecule has 5 N–H and O–H groups in total. The van der Waals surface area contributed by atoms with E-state index < -0.39 is 15.6 Å². The molecule has 0 aliphatic rings. The van der Waals surface area contributed by atoms with Crippen LogP contribution in [-0.2, 0) is 19.9 Å². The Hall–Kier alpha value is -1.59. The molecular weight excluding hydrogens is 383 g/mol.